The first-order valence-corrected chi connectivity index (χ1v) is 8.38. The van der Waals surface area contributed by atoms with Crippen LogP contribution in [0.4, 0.5) is 0 Å². The van der Waals surface area contributed by atoms with Gasteiger partial charge in [0, 0.05) is 17.1 Å². The monoisotopic (exact) mass is 359 g/mol. The molecule has 4 heteroatoms. The van der Waals surface area contributed by atoms with Gasteiger partial charge in [-0.15, -0.1) is 0 Å². The first-order chi connectivity index (χ1) is 10.7. The van der Waals surface area contributed by atoms with Crippen LogP contribution >= 0.6 is 15.9 Å². The van der Waals surface area contributed by atoms with Gasteiger partial charge in [0.2, 0.25) is 6.79 Å². The molecule has 1 aliphatic carbocycles. The molecule has 0 amide bonds. The van der Waals surface area contributed by atoms with Gasteiger partial charge in [0.1, 0.15) is 0 Å². The number of hydrogen-bond acceptors (Lipinski definition) is 3. The number of nitrogens with zero attached hydrogens (tertiary/aromatic N) is 1. The molecule has 0 fully saturated rings. The predicted octanol–water partition coefficient (Wildman–Crippen LogP) is 4.30. The van der Waals surface area contributed by atoms with E-state index in [-0.39, 0.29) is 0 Å². The number of hydrogen-bond donors (Lipinski definition) is 0. The molecule has 114 valence electrons. The van der Waals surface area contributed by atoms with Gasteiger partial charge in [-0.25, -0.2) is 0 Å². The highest BCUT2D eigenvalue weighted by Crippen LogP contribution is 2.39. The molecule has 2 aromatic carbocycles. The zero-order valence-corrected chi connectivity index (χ0v) is 14.1. The number of fused-ring (bicyclic) bond motifs is 2. The molecule has 22 heavy (non-hydrogen) atoms. The fourth-order valence-electron chi connectivity index (χ4n) is 3.45. The molecule has 0 saturated heterocycles. The second kappa shape index (κ2) is 5.60. The molecule has 1 unspecified atom stereocenters. The Kier molecular flexibility index (Phi) is 3.59. The molecule has 3 nitrogen and oxygen atoms in total. The molecule has 2 aliphatic rings. The van der Waals surface area contributed by atoms with Crippen LogP contribution in [-0.4, -0.2) is 18.7 Å². The summed E-state index contributed by atoms with van der Waals surface area (Å²) in [6.07, 6.45) is 2.37. The van der Waals surface area contributed by atoms with E-state index in [4.69, 9.17) is 9.47 Å². The average Bonchev–Trinajstić information content (AvgIpc) is 3.13. The minimum absolute atomic E-state index is 0.317. The van der Waals surface area contributed by atoms with Crippen molar-refractivity contribution in [1.82, 2.24) is 4.90 Å². The molecular weight excluding hydrogens is 342 g/mol. The summed E-state index contributed by atoms with van der Waals surface area (Å²) in [5.74, 6) is 1.67. The second-order valence-corrected chi connectivity index (χ2v) is 6.82. The smallest absolute Gasteiger partial charge is 0.231 e. The van der Waals surface area contributed by atoms with Crippen molar-refractivity contribution in [2.45, 2.75) is 25.4 Å². The number of rotatable bonds is 3. The Morgan fingerprint density at radius 2 is 1.95 bits per heavy atom. The summed E-state index contributed by atoms with van der Waals surface area (Å²) in [6, 6.07) is 13.4. The Balaban J connectivity index is 1.57. The SMILES string of the molecule is CN(Cc1cc2c(cc1Br)OCO2)C1CCc2ccccc21. The molecule has 0 spiro atoms. The second-order valence-electron chi connectivity index (χ2n) is 5.97. The lowest BCUT2D eigenvalue weighted by Gasteiger charge is -2.26. The maximum atomic E-state index is 5.50. The number of halogens is 1. The van der Waals surface area contributed by atoms with Crippen LogP contribution in [0.15, 0.2) is 40.9 Å². The number of aryl methyl sites for hydroxylation is 1. The zero-order valence-electron chi connectivity index (χ0n) is 12.5. The molecule has 0 bridgehead atoms. The molecule has 1 aliphatic heterocycles. The van der Waals surface area contributed by atoms with Crippen molar-refractivity contribution in [3.63, 3.8) is 0 Å². The van der Waals surface area contributed by atoms with Crippen LogP contribution in [0.5, 0.6) is 11.5 Å². The van der Waals surface area contributed by atoms with E-state index >= 15 is 0 Å². The van der Waals surface area contributed by atoms with Gasteiger partial charge in [-0.1, -0.05) is 40.2 Å². The summed E-state index contributed by atoms with van der Waals surface area (Å²) in [5.41, 5.74) is 4.20. The predicted molar refractivity (Wildman–Crippen MR) is 89.2 cm³/mol. The van der Waals surface area contributed by atoms with Crippen molar-refractivity contribution in [2.24, 2.45) is 0 Å². The van der Waals surface area contributed by atoms with E-state index < -0.39 is 0 Å². The fraction of sp³-hybridized carbons (Fsp3) is 0.333. The highest BCUT2D eigenvalue weighted by atomic mass is 79.9. The van der Waals surface area contributed by atoms with Crippen LogP contribution < -0.4 is 9.47 Å². The van der Waals surface area contributed by atoms with Gasteiger partial charge >= 0.3 is 0 Å². The maximum absolute atomic E-state index is 5.50. The minimum Gasteiger partial charge on any atom is -0.454 e. The molecule has 1 heterocycles. The summed E-state index contributed by atoms with van der Waals surface area (Å²) in [5, 5.41) is 0. The molecular formula is C18H18BrNO2. The van der Waals surface area contributed by atoms with Crippen LogP contribution in [0.25, 0.3) is 0 Å². The molecule has 1 atom stereocenters. The highest BCUT2D eigenvalue weighted by Gasteiger charge is 2.26. The Morgan fingerprint density at radius 3 is 2.82 bits per heavy atom. The van der Waals surface area contributed by atoms with E-state index in [1.165, 1.54) is 29.5 Å². The summed E-state index contributed by atoms with van der Waals surface area (Å²) >= 11 is 3.66. The van der Waals surface area contributed by atoms with Crippen LogP contribution in [0.3, 0.4) is 0 Å². The Morgan fingerprint density at radius 1 is 1.18 bits per heavy atom. The summed E-state index contributed by atoms with van der Waals surface area (Å²) in [7, 11) is 2.20. The van der Waals surface area contributed by atoms with Crippen molar-refractivity contribution in [3.05, 3.63) is 57.6 Å². The van der Waals surface area contributed by atoms with Gasteiger partial charge in [-0.05, 0) is 48.7 Å². The van der Waals surface area contributed by atoms with E-state index in [1.807, 2.05) is 6.07 Å². The van der Waals surface area contributed by atoms with Gasteiger partial charge in [0.25, 0.3) is 0 Å². The first kappa shape index (κ1) is 14.1. The summed E-state index contributed by atoms with van der Waals surface area (Å²) in [6.45, 7) is 1.20. The molecule has 0 saturated carbocycles. The van der Waals surface area contributed by atoms with Crippen LogP contribution in [0.1, 0.15) is 29.2 Å². The van der Waals surface area contributed by atoms with Crippen molar-refractivity contribution in [2.75, 3.05) is 13.8 Å². The highest BCUT2D eigenvalue weighted by molar-refractivity contribution is 9.10. The molecule has 0 N–H and O–H groups in total. The van der Waals surface area contributed by atoms with Gasteiger partial charge < -0.3 is 9.47 Å². The quantitative estimate of drug-likeness (QED) is 0.815. The van der Waals surface area contributed by atoms with E-state index in [9.17, 15) is 0 Å². The summed E-state index contributed by atoms with van der Waals surface area (Å²) in [4.78, 5) is 2.42. The van der Waals surface area contributed by atoms with E-state index in [0.717, 1.165) is 22.5 Å². The zero-order chi connectivity index (χ0) is 15.1. The third kappa shape index (κ3) is 2.40. The van der Waals surface area contributed by atoms with E-state index in [1.54, 1.807) is 0 Å². The average molecular weight is 360 g/mol. The van der Waals surface area contributed by atoms with Crippen molar-refractivity contribution in [1.29, 1.82) is 0 Å². The normalized spacial score (nSPS) is 18.8. The van der Waals surface area contributed by atoms with Crippen LogP contribution in [-0.2, 0) is 13.0 Å². The fourth-order valence-corrected chi connectivity index (χ4v) is 3.90. The van der Waals surface area contributed by atoms with Crippen molar-refractivity contribution in [3.8, 4) is 11.5 Å². The van der Waals surface area contributed by atoms with Crippen molar-refractivity contribution < 1.29 is 9.47 Å². The molecule has 2 aromatic rings. The van der Waals surface area contributed by atoms with Crippen LogP contribution in [0.2, 0.25) is 0 Å². The van der Waals surface area contributed by atoms with Gasteiger partial charge in [-0.3, -0.25) is 4.90 Å². The maximum Gasteiger partial charge on any atom is 0.231 e. The Bertz CT molecular complexity index is 716. The van der Waals surface area contributed by atoms with Gasteiger partial charge in [0.05, 0.1) is 0 Å². The lowest BCUT2D eigenvalue weighted by Crippen LogP contribution is -2.22. The number of benzene rings is 2. The van der Waals surface area contributed by atoms with Gasteiger partial charge in [0.15, 0.2) is 11.5 Å². The lowest BCUT2D eigenvalue weighted by atomic mass is 10.1. The topological polar surface area (TPSA) is 21.7 Å². The van der Waals surface area contributed by atoms with Crippen molar-refractivity contribution >= 4 is 15.9 Å². The Hall–Kier alpha value is -1.52. The van der Waals surface area contributed by atoms with E-state index in [2.05, 4.69) is 58.2 Å². The van der Waals surface area contributed by atoms with Crippen LogP contribution in [0, 0.1) is 0 Å². The standard InChI is InChI=1S/C18H18BrNO2/c1-20(16-7-6-12-4-2-3-5-14(12)16)10-13-8-17-18(9-15(13)19)22-11-21-17/h2-5,8-9,16H,6-7,10-11H2,1H3. The third-order valence-electron chi connectivity index (χ3n) is 4.59. The first-order valence-electron chi connectivity index (χ1n) is 7.58. The largest absolute Gasteiger partial charge is 0.454 e. The van der Waals surface area contributed by atoms with Gasteiger partial charge in [-0.2, -0.15) is 0 Å². The third-order valence-corrected chi connectivity index (χ3v) is 5.33. The lowest BCUT2D eigenvalue weighted by molar-refractivity contribution is 0.174. The Labute approximate surface area is 139 Å². The number of ether oxygens (including phenoxy) is 2. The summed E-state index contributed by atoms with van der Waals surface area (Å²) < 4.78 is 12.0. The molecule has 0 aromatic heterocycles. The minimum atomic E-state index is 0.317. The van der Waals surface area contributed by atoms with E-state index in [0.29, 0.717) is 12.8 Å². The molecule has 4 rings (SSSR count). The molecule has 0 radical (unpaired) electrons.